The lowest BCUT2D eigenvalue weighted by atomic mass is 10.2. The molecule has 1 N–H and O–H groups in total. The van der Waals surface area contributed by atoms with Crippen LogP contribution in [0.15, 0.2) is 60.2 Å². The minimum Gasteiger partial charge on any atom is -0.357 e. The van der Waals surface area contributed by atoms with E-state index in [2.05, 4.69) is 32.8 Å². The maximum atomic E-state index is 4.59. The quantitative estimate of drug-likeness (QED) is 0.781. The molecule has 0 aliphatic rings. The van der Waals surface area contributed by atoms with Crippen molar-refractivity contribution in [3.05, 3.63) is 65.8 Å². The highest BCUT2D eigenvalue weighted by atomic mass is 32.1. The third kappa shape index (κ3) is 2.98. The molecule has 4 heteroatoms. The van der Waals surface area contributed by atoms with Crippen molar-refractivity contribution in [2.75, 3.05) is 5.32 Å². The van der Waals surface area contributed by atoms with E-state index in [9.17, 15) is 0 Å². The summed E-state index contributed by atoms with van der Waals surface area (Å²) in [6, 6.07) is 14.2. The Balaban J connectivity index is 1.69. The van der Waals surface area contributed by atoms with Gasteiger partial charge in [0, 0.05) is 29.9 Å². The maximum Gasteiger partial charge on any atom is 0.183 e. The molecule has 94 valence electrons. The molecule has 3 aromatic rings. The van der Waals surface area contributed by atoms with E-state index in [-0.39, 0.29) is 0 Å². The summed E-state index contributed by atoms with van der Waals surface area (Å²) in [5.74, 6) is 0. The molecule has 2 aromatic heterocycles. The number of nitrogens with zero attached hydrogens (tertiary/aromatic N) is 2. The van der Waals surface area contributed by atoms with E-state index < -0.39 is 0 Å². The number of aromatic nitrogens is 2. The van der Waals surface area contributed by atoms with Crippen LogP contribution in [0.4, 0.5) is 5.13 Å². The van der Waals surface area contributed by atoms with Crippen molar-refractivity contribution in [1.29, 1.82) is 0 Å². The molecule has 19 heavy (non-hydrogen) atoms. The van der Waals surface area contributed by atoms with Gasteiger partial charge in [0.2, 0.25) is 0 Å². The van der Waals surface area contributed by atoms with E-state index in [1.165, 1.54) is 5.56 Å². The molecule has 0 saturated carbocycles. The lowest BCUT2D eigenvalue weighted by molar-refractivity contribution is 1.12. The fraction of sp³-hybridized carbons (Fsp3) is 0.0667. The van der Waals surface area contributed by atoms with Gasteiger partial charge in [-0.15, -0.1) is 11.3 Å². The average Bonchev–Trinajstić information content (AvgIpc) is 2.96. The van der Waals surface area contributed by atoms with Crippen LogP contribution in [-0.2, 0) is 6.54 Å². The minimum absolute atomic E-state index is 0.768. The van der Waals surface area contributed by atoms with Gasteiger partial charge >= 0.3 is 0 Å². The van der Waals surface area contributed by atoms with Gasteiger partial charge in [0.25, 0.3) is 0 Å². The summed E-state index contributed by atoms with van der Waals surface area (Å²) in [7, 11) is 0. The number of rotatable bonds is 4. The highest BCUT2D eigenvalue weighted by Crippen LogP contribution is 2.24. The largest absolute Gasteiger partial charge is 0.357 e. The van der Waals surface area contributed by atoms with E-state index in [4.69, 9.17) is 0 Å². The van der Waals surface area contributed by atoms with Crippen molar-refractivity contribution in [2.24, 2.45) is 0 Å². The normalized spacial score (nSPS) is 10.3. The molecule has 0 spiro atoms. The lowest BCUT2D eigenvalue weighted by Gasteiger charge is -2.01. The van der Waals surface area contributed by atoms with Crippen molar-refractivity contribution >= 4 is 16.5 Å². The molecular weight excluding hydrogens is 254 g/mol. The number of hydrogen-bond acceptors (Lipinski definition) is 4. The highest BCUT2D eigenvalue weighted by molar-refractivity contribution is 7.14. The highest BCUT2D eigenvalue weighted by Gasteiger charge is 2.03. The number of pyridine rings is 1. The van der Waals surface area contributed by atoms with Gasteiger partial charge in [0.1, 0.15) is 0 Å². The Bertz CT molecular complexity index is 635. The Labute approximate surface area is 116 Å². The monoisotopic (exact) mass is 267 g/mol. The number of hydrogen-bond donors (Lipinski definition) is 1. The van der Waals surface area contributed by atoms with Crippen molar-refractivity contribution < 1.29 is 0 Å². The van der Waals surface area contributed by atoms with Crippen LogP contribution < -0.4 is 5.32 Å². The standard InChI is InChI=1S/C15H13N3S/c1-2-4-13(5-3-1)14-11-19-15(18-14)17-10-12-6-8-16-9-7-12/h1-9,11H,10H2,(H,17,18). The summed E-state index contributed by atoms with van der Waals surface area (Å²) >= 11 is 1.63. The third-order valence-corrected chi connectivity index (χ3v) is 3.57. The first kappa shape index (κ1) is 11.9. The van der Waals surface area contributed by atoms with Crippen molar-refractivity contribution in [3.8, 4) is 11.3 Å². The van der Waals surface area contributed by atoms with Gasteiger partial charge in [0.05, 0.1) is 5.69 Å². The molecule has 0 saturated heterocycles. The minimum atomic E-state index is 0.768. The van der Waals surface area contributed by atoms with E-state index in [1.807, 2.05) is 30.3 Å². The van der Waals surface area contributed by atoms with E-state index >= 15 is 0 Å². The number of benzene rings is 1. The molecule has 3 rings (SSSR count). The number of nitrogens with one attached hydrogen (secondary N) is 1. The van der Waals surface area contributed by atoms with Gasteiger partial charge in [0.15, 0.2) is 5.13 Å². The first-order valence-electron chi connectivity index (χ1n) is 6.05. The predicted octanol–water partition coefficient (Wildman–Crippen LogP) is 3.82. The summed E-state index contributed by atoms with van der Waals surface area (Å²) < 4.78 is 0. The van der Waals surface area contributed by atoms with Gasteiger partial charge < -0.3 is 5.32 Å². The fourth-order valence-electron chi connectivity index (χ4n) is 1.77. The molecule has 0 amide bonds. The van der Waals surface area contributed by atoms with E-state index in [0.717, 1.165) is 22.9 Å². The second-order valence-electron chi connectivity index (χ2n) is 4.11. The van der Waals surface area contributed by atoms with E-state index in [0.29, 0.717) is 0 Å². The van der Waals surface area contributed by atoms with Crippen LogP contribution in [0.1, 0.15) is 5.56 Å². The van der Waals surface area contributed by atoms with Crippen molar-refractivity contribution in [1.82, 2.24) is 9.97 Å². The second kappa shape index (κ2) is 5.63. The Morgan fingerprint density at radius 2 is 1.79 bits per heavy atom. The third-order valence-electron chi connectivity index (χ3n) is 2.77. The van der Waals surface area contributed by atoms with E-state index in [1.54, 1.807) is 23.7 Å². The summed E-state index contributed by atoms with van der Waals surface area (Å²) in [6.07, 6.45) is 3.60. The summed E-state index contributed by atoms with van der Waals surface area (Å²) in [5, 5.41) is 6.34. The van der Waals surface area contributed by atoms with Gasteiger partial charge in [-0.2, -0.15) is 0 Å². The molecule has 0 aliphatic heterocycles. The fourth-order valence-corrected chi connectivity index (χ4v) is 2.49. The molecule has 0 aliphatic carbocycles. The smallest absolute Gasteiger partial charge is 0.183 e. The Kier molecular flexibility index (Phi) is 3.51. The number of anilines is 1. The molecule has 0 unspecified atom stereocenters. The van der Waals surface area contributed by atoms with Gasteiger partial charge in [-0.3, -0.25) is 4.98 Å². The van der Waals surface area contributed by atoms with Gasteiger partial charge in [-0.25, -0.2) is 4.98 Å². The topological polar surface area (TPSA) is 37.8 Å². The Hall–Kier alpha value is -2.20. The number of thiazole rings is 1. The van der Waals surface area contributed by atoms with Crippen LogP contribution in [0.5, 0.6) is 0 Å². The Morgan fingerprint density at radius 3 is 2.58 bits per heavy atom. The van der Waals surface area contributed by atoms with Crippen LogP contribution in [0.2, 0.25) is 0 Å². The molecule has 2 heterocycles. The molecular formula is C15H13N3S. The molecule has 1 aromatic carbocycles. The zero-order chi connectivity index (χ0) is 12.9. The summed E-state index contributed by atoms with van der Waals surface area (Å²) in [4.78, 5) is 8.59. The molecule has 0 fully saturated rings. The predicted molar refractivity (Wildman–Crippen MR) is 79.1 cm³/mol. The lowest BCUT2D eigenvalue weighted by Crippen LogP contribution is -1.98. The van der Waals surface area contributed by atoms with Crippen LogP contribution in [0, 0.1) is 0 Å². The summed E-state index contributed by atoms with van der Waals surface area (Å²) in [5.41, 5.74) is 3.37. The molecule has 0 radical (unpaired) electrons. The first-order valence-corrected chi connectivity index (χ1v) is 6.93. The van der Waals surface area contributed by atoms with Crippen LogP contribution in [-0.4, -0.2) is 9.97 Å². The van der Waals surface area contributed by atoms with Crippen LogP contribution >= 0.6 is 11.3 Å². The van der Waals surface area contributed by atoms with Crippen LogP contribution in [0.25, 0.3) is 11.3 Å². The first-order chi connectivity index (χ1) is 9.42. The zero-order valence-corrected chi connectivity index (χ0v) is 11.1. The molecule has 0 atom stereocenters. The van der Waals surface area contributed by atoms with Crippen LogP contribution in [0.3, 0.4) is 0 Å². The Morgan fingerprint density at radius 1 is 1.00 bits per heavy atom. The molecule has 0 bridgehead atoms. The van der Waals surface area contributed by atoms with Crippen molar-refractivity contribution in [3.63, 3.8) is 0 Å². The maximum absolute atomic E-state index is 4.59. The van der Waals surface area contributed by atoms with Gasteiger partial charge in [-0.1, -0.05) is 30.3 Å². The molecule has 3 nitrogen and oxygen atoms in total. The van der Waals surface area contributed by atoms with Crippen molar-refractivity contribution in [2.45, 2.75) is 6.54 Å². The SMILES string of the molecule is c1ccc(-c2csc(NCc3ccncc3)n2)cc1. The van der Waals surface area contributed by atoms with Gasteiger partial charge in [-0.05, 0) is 17.7 Å². The zero-order valence-electron chi connectivity index (χ0n) is 10.3. The second-order valence-corrected chi connectivity index (χ2v) is 4.97. The average molecular weight is 267 g/mol. The summed E-state index contributed by atoms with van der Waals surface area (Å²) in [6.45, 7) is 0.768.